The average molecular weight is 430 g/mol. The van der Waals surface area contributed by atoms with E-state index in [-0.39, 0.29) is 22.2 Å². The number of nitrogens with zero attached hydrogens (tertiary/aromatic N) is 2. The number of aliphatic carboxylic acids is 1. The average Bonchev–Trinajstić information content (AvgIpc) is 3.24. The summed E-state index contributed by atoms with van der Waals surface area (Å²) in [6, 6.07) is 11.4. The molecule has 2 aromatic heterocycles. The molecule has 4 aromatic rings. The van der Waals surface area contributed by atoms with E-state index in [0.29, 0.717) is 0 Å². The number of hydrogen-bond donors (Lipinski definition) is 1. The summed E-state index contributed by atoms with van der Waals surface area (Å²) in [5.74, 6) is -2.33. The van der Waals surface area contributed by atoms with Crippen LogP contribution in [-0.2, 0) is 24.4 Å². The molecule has 0 amide bonds. The van der Waals surface area contributed by atoms with Gasteiger partial charge in [0, 0.05) is 29.5 Å². The van der Waals surface area contributed by atoms with Gasteiger partial charge in [-0.3, -0.25) is 14.2 Å². The number of aryl methyl sites for hydroxylation is 1. The summed E-state index contributed by atoms with van der Waals surface area (Å²) in [5, 5.41) is 9.68. The van der Waals surface area contributed by atoms with Gasteiger partial charge in [0.15, 0.2) is 0 Å². The second kappa shape index (κ2) is 7.19. The van der Waals surface area contributed by atoms with Gasteiger partial charge in [0.2, 0.25) is 0 Å². The van der Waals surface area contributed by atoms with E-state index in [4.69, 9.17) is 4.74 Å². The van der Waals surface area contributed by atoms with Crippen LogP contribution in [0.5, 0.6) is 5.75 Å². The maximum absolute atomic E-state index is 13.9. The van der Waals surface area contributed by atoms with E-state index in [0.717, 1.165) is 34.8 Å². The largest absolute Gasteiger partial charge is 0.496 e. The Hall–Kier alpha value is -3.75. The van der Waals surface area contributed by atoms with Crippen LogP contribution in [0.1, 0.15) is 21.6 Å². The molecule has 0 unspecified atom stereocenters. The number of aromatic nitrogens is 2. The quantitative estimate of drug-likeness (QED) is 0.518. The van der Waals surface area contributed by atoms with Crippen LogP contribution in [0.4, 0.5) is 13.2 Å². The first kappa shape index (κ1) is 20.5. The number of carbonyl (C=O) groups excluding carboxylic acids is 1. The fraction of sp³-hybridized carbons (Fsp3) is 0.182. The molecular formula is C22H17F3N2O4. The van der Waals surface area contributed by atoms with Gasteiger partial charge in [-0.05, 0) is 29.8 Å². The molecule has 0 aliphatic heterocycles. The van der Waals surface area contributed by atoms with Crippen LogP contribution >= 0.6 is 0 Å². The van der Waals surface area contributed by atoms with Gasteiger partial charge in [0.25, 0.3) is 5.91 Å². The topological polar surface area (TPSA) is 73.5 Å². The van der Waals surface area contributed by atoms with E-state index >= 15 is 0 Å². The van der Waals surface area contributed by atoms with Crippen LogP contribution in [0.2, 0.25) is 0 Å². The van der Waals surface area contributed by atoms with Crippen molar-refractivity contribution in [3.05, 3.63) is 65.5 Å². The van der Waals surface area contributed by atoms with Crippen LogP contribution < -0.4 is 4.74 Å². The van der Waals surface area contributed by atoms with Crippen LogP contribution in [-0.4, -0.2) is 33.2 Å². The maximum atomic E-state index is 13.9. The smallest absolute Gasteiger partial charge is 0.420 e. The highest BCUT2D eigenvalue weighted by atomic mass is 19.4. The number of rotatable bonds is 4. The van der Waals surface area contributed by atoms with Gasteiger partial charge in [-0.25, -0.2) is 0 Å². The fourth-order valence-electron chi connectivity index (χ4n) is 3.92. The van der Waals surface area contributed by atoms with Crippen LogP contribution in [0.3, 0.4) is 0 Å². The molecule has 1 N–H and O–H groups in total. The number of hydrogen-bond acceptors (Lipinski definition) is 3. The number of carboxylic acids is 1. The van der Waals surface area contributed by atoms with Gasteiger partial charge < -0.3 is 14.4 Å². The van der Waals surface area contributed by atoms with Gasteiger partial charge >= 0.3 is 12.1 Å². The Morgan fingerprint density at radius 3 is 2.42 bits per heavy atom. The van der Waals surface area contributed by atoms with Crippen LogP contribution in [0.25, 0.3) is 21.8 Å². The summed E-state index contributed by atoms with van der Waals surface area (Å²) in [7, 11) is 2.79. The molecule has 160 valence electrons. The molecule has 2 heterocycles. The van der Waals surface area contributed by atoms with Crippen LogP contribution in [0, 0.1) is 0 Å². The van der Waals surface area contributed by atoms with Gasteiger partial charge in [-0.2, -0.15) is 13.2 Å². The molecule has 0 spiro atoms. The number of benzene rings is 2. The minimum atomic E-state index is -4.81. The van der Waals surface area contributed by atoms with Gasteiger partial charge in [-0.1, -0.05) is 18.2 Å². The van der Waals surface area contributed by atoms with E-state index in [1.165, 1.54) is 6.07 Å². The summed E-state index contributed by atoms with van der Waals surface area (Å²) < 4.78 is 49.3. The number of fused-ring (bicyclic) bond motifs is 2. The second-order valence-corrected chi connectivity index (χ2v) is 7.08. The highest BCUT2D eigenvalue weighted by Crippen LogP contribution is 2.43. The zero-order valence-electron chi connectivity index (χ0n) is 16.5. The Bertz CT molecular complexity index is 1350. The van der Waals surface area contributed by atoms with Crippen molar-refractivity contribution in [3.63, 3.8) is 0 Å². The number of methoxy groups -OCH3 is 1. The number of carbonyl (C=O) groups is 2. The van der Waals surface area contributed by atoms with Crippen LogP contribution in [0.15, 0.2) is 48.7 Å². The van der Waals surface area contributed by atoms with Gasteiger partial charge in [-0.15, -0.1) is 0 Å². The predicted molar refractivity (Wildman–Crippen MR) is 107 cm³/mol. The molecule has 0 aliphatic carbocycles. The van der Waals surface area contributed by atoms with E-state index in [1.807, 2.05) is 24.3 Å². The number of alkyl halides is 3. The molecule has 6 nitrogen and oxygen atoms in total. The lowest BCUT2D eigenvalue weighted by Gasteiger charge is -2.14. The molecule has 2 aromatic carbocycles. The molecular weight excluding hydrogens is 413 g/mol. The van der Waals surface area contributed by atoms with Crippen molar-refractivity contribution in [1.29, 1.82) is 0 Å². The van der Waals surface area contributed by atoms with E-state index in [2.05, 4.69) is 0 Å². The highest BCUT2D eigenvalue weighted by molar-refractivity contribution is 6.06. The number of halogens is 3. The van der Waals surface area contributed by atoms with Crippen molar-refractivity contribution in [1.82, 2.24) is 9.13 Å². The Morgan fingerprint density at radius 2 is 1.81 bits per heavy atom. The van der Waals surface area contributed by atoms with Crippen molar-refractivity contribution in [2.24, 2.45) is 7.05 Å². The second-order valence-electron chi connectivity index (χ2n) is 7.08. The zero-order valence-corrected chi connectivity index (χ0v) is 16.5. The molecule has 0 aliphatic rings. The Labute approximate surface area is 174 Å². The molecule has 0 atom stereocenters. The van der Waals surface area contributed by atoms with Crippen molar-refractivity contribution in [3.8, 4) is 5.75 Å². The van der Waals surface area contributed by atoms with Crippen molar-refractivity contribution in [2.45, 2.75) is 12.6 Å². The summed E-state index contributed by atoms with van der Waals surface area (Å²) in [4.78, 5) is 24.7. The Kier molecular flexibility index (Phi) is 4.76. The normalized spacial score (nSPS) is 11.9. The third kappa shape index (κ3) is 3.31. The number of ether oxygens (including phenoxy) is 1. The molecule has 31 heavy (non-hydrogen) atoms. The predicted octanol–water partition coefficient (Wildman–Crippen LogP) is 4.48. The summed E-state index contributed by atoms with van der Waals surface area (Å²) in [6.07, 6.45) is -4.33. The summed E-state index contributed by atoms with van der Waals surface area (Å²) in [5.41, 5.74) is -0.233. The number of carboxylic acid groups (broad SMARTS) is 1. The summed E-state index contributed by atoms with van der Waals surface area (Å²) >= 11 is 0. The van der Waals surface area contributed by atoms with E-state index in [9.17, 15) is 27.9 Å². The van der Waals surface area contributed by atoms with Gasteiger partial charge in [0.1, 0.15) is 17.0 Å². The third-order valence-electron chi connectivity index (χ3n) is 5.25. The molecule has 4 rings (SSSR count). The minimum absolute atomic E-state index is 0.0420. The molecule has 0 radical (unpaired) electrons. The maximum Gasteiger partial charge on any atom is 0.420 e. The van der Waals surface area contributed by atoms with Crippen molar-refractivity contribution in [2.75, 3.05) is 7.11 Å². The Balaban J connectivity index is 2.01. The first-order valence-corrected chi connectivity index (χ1v) is 9.22. The molecule has 0 fully saturated rings. The lowest BCUT2D eigenvalue weighted by molar-refractivity contribution is -0.138. The minimum Gasteiger partial charge on any atom is -0.496 e. The third-order valence-corrected chi connectivity index (χ3v) is 5.25. The SMILES string of the molecule is COc1ccc2c(c(CC(=O)O)cn2C(=O)c2cc3ccccc3n2C)c1C(F)(F)F. The number of para-hydroxylation sites is 1. The first-order chi connectivity index (χ1) is 14.6. The molecule has 0 saturated carbocycles. The fourth-order valence-corrected chi connectivity index (χ4v) is 3.92. The Morgan fingerprint density at radius 1 is 1.10 bits per heavy atom. The lowest BCUT2D eigenvalue weighted by Crippen LogP contribution is -2.15. The molecule has 9 heteroatoms. The standard InChI is InChI=1S/C22H17F3N2O4/c1-26-14-6-4-3-5-12(14)9-16(26)21(30)27-11-13(10-18(28)29)19-15(27)7-8-17(31-2)20(19)22(23,24)25/h3-9,11H,10H2,1-2H3,(H,28,29). The molecule has 0 saturated heterocycles. The highest BCUT2D eigenvalue weighted by Gasteiger charge is 2.38. The van der Waals surface area contributed by atoms with E-state index < -0.39 is 35.8 Å². The lowest BCUT2D eigenvalue weighted by atomic mass is 10.0. The zero-order chi connectivity index (χ0) is 22.5. The van der Waals surface area contributed by atoms with E-state index in [1.54, 1.807) is 17.7 Å². The van der Waals surface area contributed by atoms with Gasteiger partial charge in [0.05, 0.1) is 19.0 Å². The summed E-state index contributed by atoms with van der Waals surface area (Å²) in [6.45, 7) is 0. The first-order valence-electron chi connectivity index (χ1n) is 9.22. The molecule has 0 bridgehead atoms. The monoisotopic (exact) mass is 430 g/mol. The van der Waals surface area contributed by atoms with Crippen molar-refractivity contribution >= 4 is 33.7 Å². The van der Waals surface area contributed by atoms with Crippen molar-refractivity contribution < 1.29 is 32.6 Å².